The van der Waals surface area contributed by atoms with Crippen molar-refractivity contribution in [2.24, 2.45) is 0 Å². The van der Waals surface area contributed by atoms with Crippen molar-refractivity contribution in [1.29, 1.82) is 0 Å². The lowest BCUT2D eigenvalue weighted by molar-refractivity contribution is -0.116. The van der Waals surface area contributed by atoms with Crippen LogP contribution >= 0.6 is 15.9 Å². The number of ether oxygens (including phenoxy) is 1. The van der Waals surface area contributed by atoms with Gasteiger partial charge in [-0.15, -0.1) is 0 Å². The van der Waals surface area contributed by atoms with Crippen molar-refractivity contribution < 1.29 is 9.53 Å². The predicted molar refractivity (Wildman–Crippen MR) is 86.3 cm³/mol. The first-order valence-electron chi connectivity index (χ1n) is 6.71. The van der Waals surface area contributed by atoms with Crippen LogP contribution in [0.5, 0.6) is 5.75 Å². The molecule has 2 aromatic rings. The van der Waals surface area contributed by atoms with E-state index in [2.05, 4.69) is 21.2 Å². The van der Waals surface area contributed by atoms with Crippen LogP contribution in [0.2, 0.25) is 0 Å². The number of nitrogen functional groups attached to an aromatic ring is 1. The fraction of sp³-hybridized carbons (Fsp3) is 0.188. The number of nitrogens with one attached hydrogen (secondary N) is 1. The molecular weight excluding hydrogens is 332 g/mol. The minimum absolute atomic E-state index is 0.0713. The number of rotatable bonds is 3. The number of benzene rings is 2. The van der Waals surface area contributed by atoms with Crippen LogP contribution in [0, 0.1) is 0 Å². The molecule has 4 nitrogen and oxygen atoms in total. The minimum Gasteiger partial charge on any atom is -0.489 e. The van der Waals surface area contributed by atoms with Crippen molar-refractivity contribution in [2.75, 3.05) is 11.1 Å². The summed E-state index contributed by atoms with van der Waals surface area (Å²) in [6, 6.07) is 11.4. The highest BCUT2D eigenvalue weighted by Crippen LogP contribution is 2.28. The van der Waals surface area contributed by atoms with E-state index < -0.39 is 0 Å². The Labute approximate surface area is 131 Å². The Kier molecular flexibility index (Phi) is 3.84. The van der Waals surface area contributed by atoms with Gasteiger partial charge in [-0.1, -0.05) is 22.0 Å². The topological polar surface area (TPSA) is 64.3 Å². The zero-order valence-corrected chi connectivity index (χ0v) is 12.9. The van der Waals surface area contributed by atoms with E-state index in [1.54, 1.807) is 0 Å². The van der Waals surface area contributed by atoms with E-state index in [0.29, 0.717) is 13.0 Å². The summed E-state index contributed by atoms with van der Waals surface area (Å²) in [5.41, 5.74) is 9.47. The monoisotopic (exact) mass is 346 g/mol. The van der Waals surface area contributed by atoms with Gasteiger partial charge in [0.05, 0.1) is 0 Å². The van der Waals surface area contributed by atoms with Gasteiger partial charge < -0.3 is 15.8 Å². The summed E-state index contributed by atoms with van der Waals surface area (Å²) in [4.78, 5) is 11.3. The number of halogens is 1. The summed E-state index contributed by atoms with van der Waals surface area (Å²) in [6.07, 6.45) is 1.28. The largest absolute Gasteiger partial charge is 0.489 e. The standard InChI is InChI=1S/C16H15BrN2O2/c17-14-8-12(18)3-1-11(14)9-21-13-4-5-15-10(7-13)2-6-16(20)19-15/h1,3-5,7-8H,2,6,9,18H2,(H,19,20). The molecule has 1 aliphatic rings. The maximum Gasteiger partial charge on any atom is 0.224 e. The number of nitrogens with two attached hydrogens (primary N) is 1. The molecule has 2 aromatic carbocycles. The van der Waals surface area contributed by atoms with Crippen LogP contribution < -0.4 is 15.8 Å². The van der Waals surface area contributed by atoms with Crippen molar-refractivity contribution in [3.8, 4) is 5.75 Å². The third-order valence-corrected chi connectivity index (χ3v) is 4.18. The lowest BCUT2D eigenvalue weighted by atomic mass is 10.0. The number of fused-ring (bicyclic) bond motifs is 1. The molecule has 0 atom stereocenters. The third kappa shape index (κ3) is 3.19. The van der Waals surface area contributed by atoms with Gasteiger partial charge in [0.15, 0.2) is 0 Å². The molecule has 21 heavy (non-hydrogen) atoms. The first kappa shape index (κ1) is 13.9. The molecule has 1 aliphatic heterocycles. The highest BCUT2D eigenvalue weighted by Gasteiger charge is 2.15. The zero-order chi connectivity index (χ0) is 14.8. The van der Waals surface area contributed by atoms with Gasteiger partial charge in [-0.2, -0.15) is 0 Å². The molecule has 0 aliphatic carbocycles. The molecule has 0 radical (unpaired) electrons. The molecule has 0 bridgehead atoms. The highest BCUT2D eigenvalue weighted by molar-refractivity contribution is 9.10. The highest BCUT2D eigenvalue weighted by atomic mass is 79.9. The number of anilines is 2. The zero-order valence-electron chi connectivity index (χ0n) is 11.4. The number of hydrogen-bond acceptors (Lipinski definition) is 3. The molecule has 0 fully saturated rings. The van der Waals surface area contributed by atoms with Gasteiger partial charge >= 0.3 is 0 Å². The summed E-state index contributed by atoms with van der Waals surface area (Å²) in [5, 5.41) is 2.86. The minimum atomic E-state index is 0.0713. The number of carbonyl (C=O) groups is 1. The molecule has 0 unspecified atom stereocenters. The molecule has 1 heterocycles. The first-order chi connectivity index (χ1) is 10.1. The molecule has 0 saturated heterocycles. The Morgan fingerprint density at radius 3 is 2.86 bits per heavy atom. The molecule has 0 aromatic heterocycles. The first-order valence-corrected chi connectivity index (χ1v) is 7.50. The average Bonchev–Trinajstić information content (AvgIpc) is 2.46. The molecule has 3 N–H and O–H groups in total. The molecule has 108 valence electrons. The normalized spacial score (nSPS) is 13.5. The van der Waals surface area contributed by atoms with Gasteiger partial charge in [0.1, 0.15) is 12.4 Å². The van der Waals surface area contributed by atoms with Crippen LogP contribution in [0.25, 0.3) is 0 Å². The van der Waals surface area contributed by atoms with Crippen molar-refractivity contribution >= 4 is 33.2 Å². The Balaban J connectivity index is 1.72. The van der Waals surface area contributed by atoms with Gasteiger partial charge in [-0.05, 0) is 42.3 Å². The number of amides is 1. The summed E-state index contributed by atoms with van der Waals surface area (Å²) >= 11 is 3.48. The van der Waals surface area contributed by atoms with E-state index in [1.165, 1.54) is 0 Å². The van der Waals surface area contributed by atoms with Crippen LogP contribution in [0.3, 0.4) is 0 Å². The second-order valence-corrected chi connectivity index (χ2v) is 5.86. The number of aryl methyl sites for hydroxylation is 1. The molecule has 0 spiro atoms. The maximum absolute atomic E-state index is 11.3. The average molecular weight is 347 g/mol. The SMILES string of the molecule is Nc1ccc(COc2ccc3c(c2)CCC(=O)N3)c(Br)c1. The van der Waals surface area contributed by atoms with Crippen LogP contribution in [0.1, 0.15) is 17.5 Å². The maximum atomic E-state index is 11.3. The summed E-state index contributed by atoms with van der Waals surface area (Å²) in [5.74, 6) is 0.871. The van der Waals surface area contributed by atoms with Crippen molar-refractivity contribution in [3.05, 3.63) is 52.0 Å². The van der Waals surface area contributed by atoms with E-state index >= 15 is 0 Å². The van der Waals surface area contributed by atoms with E-state index in [4.69, 9.17) is 10.5 Å². The molecular formula is C16H15BrN2O2. The Morgan fingerprint density at radius 1 is 1.19 bits per heavy atom. The predicted octanol–water partition coefficient (Wildman–Crippen LogP) is 3.50. The molecule has 3 rings (SSSR count). The van der Waals surface area contributed by atoms with Gasteiger partial charge in [-0.3, -0.25) is 4.79 Å². The fourth-order valence-electron chi connectivity index (χ4n) is 2.29. The number of carbonyl (C=O) groups excluding carboxylic acids is 1. The van der Waals surface area contributed by atoms with E-state index in [1.807, 2.05) is 36.4 Å². The second-order valence-electron chi connectivity index (χ2n) is 5.01. The van der Waals surface area contributed by atoms with Crippen LogP contribution in [-0.2, 0) is 17.8 Å². The summed E-state index contributed by atoms with van der Waals surface area (Å²) < 4.78 is 6.76. The lowest BCUT2D eigenvalue weighted by Gasteiger charge is -2.18. The van der Waals surface area contributed by atoms with Crippen LogP contribution in [-0.4, -0.2) is 5.91 Å². The van der Waals surface area contributed by atoms with Crippen LogP contribution in [0.4, 0.5) is 11.4 Å². The lowest BCUT2D eigenvalue weighted by Crippen LogP contribution is -2.18. The quantitative estimate of drug-likeness (QED) is 0.836. The van der Waals surface area contributed by atoms with Crippen molar-refractivity contribution in [3.63, 3.8) is 0 Å². The van der Waals surface area contributed by atoms with Gasteiger partial charge in [0, 0.05) is 27.8 Å². The number of hydrogen-bond donors (Lipinski definition) is 2. The Hall–Kier alpha value is -2.01. The fourth-order valence-corrected chi connectivity index (χ4v) is 2.80. The second kappa shape index (κ2) is 5.77. The molecule has 1 amide bonds. The van der Waals surface area contributed by atoms with Gasteiger partial charge in [-0.25, -0.2) is 0 Å². The Morgan fingerprint density at radius 2 is 2.05 bits per heavy atom. The summed E-state index contributed by atoms with van der Waals surface area (Å²) in [7, 11) is 0. The van der Waals surface area contributed by atoms with Gasteiger partial charge in [0.25, 0.3) is 0 Å². The smallest absolute Gasteiger partial charge is 0.224 e. The van der Waals surface area contributed by atoms with Crippen molar-refractivity contribution in [2.45, 2.75) is 19.4 Å². The van der Waals surface area contributed by atoms with Crippen molar-refractivity contribution in [1.82, 2.24) is 0 Å². The summed E-state index contributed by atoms with van der Waals surface area (Å²) in [6.45, 7) is 0.464. The Bertz CT molecular complexity index is 701. The van der Waals surface area contributed by atoms with Gasteiger partial charge in [0.2, 0.25) is 5.91 Å². The van der Waals surface area contributed by atoms with E-state index in [0.717, 1.165) is 39.1 Å². The van der Waals surface area contributed by atoms with Crippen LogP contribution in [0.15, 0.2) is 40.9 Å². The molecule has 0 saturated carbocycles. The van der Waals surface area contributed by atoms with E-state index in [-0.39, 0.29) is 5.91 Å². The third-order valence-electron chi connectivity index (χ3n) is 3.44. The van der Waals surface area contributed by atoms with E-state index in [9.17, 15) is 4.79 Å². The molecule has 5 heteroatoms.